The van der Waals surface area contributed by atoms with Crippen molar-refractivity contribution >= 4 is 33.6 Å². The van der Waals surface area contributed by atoms with E-state index in [4.69, 9.17) is 9.47 Å². The number of rotatable bonds is 3. The van der Waals surface area contributed by atoms with Gasteiger partial charge in [0.15, 0.2) is 0 Å². The van der Waals surface area contributed by atoms with Gasteiger partial charge in [-0.15, -0.1) is 11.3 Å². The van der Waals surface area contributed by atoms with E-state index in [2.05, 4.69) is 4.98 Å². The number of H-pyrrole nitrogens is 1. The minimum absolute atomic E-state index is 0.206. The SMILES string of the molecule is CCOC(=O)c1sc2[nH]c(=O)n(C3CN(C(=O)OC(C)(C)C)C3)c(=O)c2c1C. The summed E-state index contributed by atoms with van der Waals surface area (Å²) in [6.07, 6.45) is -0.481. The molecule has 3 rings (SSSR count). The van der Waals surface area contributed by atoms with Crippen molar-refractivity contribution in [1.82, 2.24) is 14.5 Å². The third-order valence-corrected chi connectivity index (χ3v) is 5.55. The van der Waals surface area contributed by atoms with E-state index >= 15 is 0 Å². The molecule has 28 heavy (non-hydrogen) atoms. The lowest BCUT2D eigenvalue weighted by Crippen LogP contribution is -2.56. The number of fused-ring (bicyclic) bond motifs is 1. The molecule has 9 nitrogen and oxygen atoms in total. The average Bonchev–Trinajstić information content (AvgIpc) is 2.84. The molecule has 0 radical (unpaired) electrons. The van der Waals surface area contributed by atoms with Gasteiger partial charge >= 0.3 is 17.8 Å². The van der Waals surface area contributed by atoms with Gasteiger partial charge in [-0.1, -0.05) is 0 Å². The van der Waals surface area contributed by atoms with Crippen LogP contribution in [0, 0.1) is 6.92 Å². The Bertz CT molecular complexity index is 1050. The van der Waals surface area contributed by atoms with Gasteiger partial charge in [-0.25, -0.2) is 14.4 Å². The van der Waals surface area contributed by atoms with E-state index in [9.17, 15) is 19.2 Å². The molecule has 1 fully saturated rings. The molecule has 2 aromatic heterocycles. The molecule has 0 aliphatic carbocycles. The number of carbonyl (C=O) groups excluding carboxylic acids is 2. The number of nitrogens with zero attached hydrogens (tertiary/aromatic N) is 2. The summed E-state index contributed by atoms with van der Waals surface area (Å²) in [4.78, 5) is 54.3. The summed E-state index contributed by atoms with van der Waals surface area (Å²) in [5.41, 5.74) is -1.18. The fourth-order valence-electron chi connectivity index (χ4n) is 3.05. The van der Waals surface area contributed by atoms with E-state index in [0.29, 0.717) is 20.7 Å². The summed E-state index contributed by atoms with van der Waals surface area (Å²) in [7, 11) is 0. The number of aromatic amines is 1. The molecule has 0 aromatic carbocycles. The Kier molecular flexibility index (Phi) is 5.09. The molecule has 152 valence electrons. The molecule has 10 heteroatoms. The second-order valence-corrected chi connectivity index (χ2v) is 8.65. The molecule has 0 saturated carbocycles. The Morgan fingerprint density at radius 1 is 1.25 bits per heavy atom. The van der Waals surface area contributed by atoms with E-state index in [0.717, 1.165) is 15.9 Å². The monoisotopic (exact) mass is 409 g/mol. The Morgan fingerprint density at radius 2 is 1.89 bits per heavy atom. The van der Waals surface area contributed by atoms with Crippen LogP contribution in [0.3, 0.4) is 0 Å². The van der Waals surface area contributed by atoms with Crippen molar-refractivity contribution in [3.05, 3.63) is 31.3 Å². The molecule has 1 aliphatic rings. The first-order valence-electron chi connectivity index (χ1n) is 8.96. The van der Waals surface area contributed by atoms with Crippen LogP contribution < -0.4 is 11.2 Å². The van der Waals surface area contributed by atoms with Gasteiger partial charge in [0.1, 0.15) is 15.3 Å². The fraction of sp³-hybridized carbons (Fsp3) is 0.556. The number of carbonyl (C=O) groups is 2. The first kappa shape index (κ1) is 20.1. The lowest BCUT2D eigenvalue weighted by Gasteiger charge is -2.39. The van der Waals surface area contributed by atoms with Crippen LogP contribution in [0.25, 0.3) is 10.2 Å². The van der Waals surface area contributed by atoms with Crippen LogP contribution >= 0.6 is 11.3 Å². The van der Waals surface area contributed by atoms with Crippen molar-refractivity contribution in [2.75, 3.05) is 19.7 Å². The van der Waals surface area contributed by atoms with Crippen LogP contribution in [0.15, 0.2) is 9.59 Å². The zero-order valence-electron chi connectivity index (χ0n) is 16.5. The van der Waals surface area contributed by atoms with Gasteiger partial charge in [-0.3, -0.25) is 14.3 Å². The van der Waals surface area contributed by atoms with Crippen molar-refractivity contribution in [3.8, 4) is 0 Å². The lowest BCUT2D eigenvalue weighted by molar-refractivity contribution is 0.000172. The quantitative estimate of drug-likeness (QED) is 0.777. The van der Waals surface area contributed by atoms with Gasteiger partial charge in [-0.2, -0.15) is 0 Å². The fourth-order valence-corrected chi connectivity index (χ4v) is 4.13. The second-order valence-electron chi connectivity index (χ2n) is 7.63. The second kappa shape index (κ2) is 7.08. The first-order chi connectivity index (χ1) is 13.0. The molecule has 1 amide bonds. The van der Waals surface area contributed by atoms with Crippen molar-refractivity contribution in [2.24, 2.45) is 0 Å². The van der Waals surface area contributed by atoms with Crippen molar-refractivity contribution in [2.45, 2.75) is 46.3 Å². The molecular weight excluding hydrogens is 386 g/mol. The summed E-state index contributed by atoms with van der Waals surface area (Å²) < 4.78 is 11.4. The van der Waals surface area contributed by atoms with Crippen LogP contribution in [0.2, 0.25) is 0 Å². The van der Waals surface area contributed by atoms with E-state index in [1.165, 1.54) is 4.90 Å². The van der Waals surface area contributed by atoms with Crippen molar-refractivity contribution in [1.29, 1.82) is 0 Å². The topological polar surface area (TPSA) is 111 Å². The van der Waals surface area contributed by atoms with Crippen LogP contribution in [0.4, 0.5) is 4.79 Å². The lowest BCUT2D eigenvalue weighted by atomic mass is 10.1. The molecule has 1 N–H and O–H groups in total. The summed E-state index contributed by atoms with van der Waals surface area (Å²) in [5, 5.41) is 0.295. The maximum Gasteiger partial charge on any atom is 0.410 e. The zero-order chi connectivity index (χ0) is 20.8. The Labute approximate surface area is 164 Å². The number of amides is 1. The standard InChI is InChI=1S/C18H23N3O6S/c1-6-26-15(23)12-9(2)11-13(28-12)19-16(24)21(14(11)22)10-7-20(8-10)17(25)27-18(3,4)5/h10H,6-8H2,1-5H3,(H,19,24). The van der Waals surface area contributed by atoms with E-state index in [1.807, 2.05) is 0 Å². The van der Waals surface area contributed by atoms with Crippen LogP contribution in [0.5, 0.6) is 0 Å². The Morgan fingerprint density at radius 3 is 2.46 bits per heavy atom. The normalized spacial score (nSPS) is 14.8. The van der Waals surface area contributed by atoms with Crippen LogP contribution in [-0.2, 0) is 9.47 Å². The van der Waals surface area contributed by atoms with Gasteiger partial charge in [0.2, 0.25) is 0 Å². The molecule has 0 bridgehead atoms. The predicted molar refractivity (Wildman–Crippen MR) is 104 cm³/mol. The molecule has 1 aliphatic heterocycles. The molecule has 1 saturated heterocycles. The highest BCUT2D eigenvalue weighted by molar-refractivity contribution is 7.20. The number of nitrogens with one attached hydrogen (secondary N) is 1. The third-order valence-electron chi connectivity index (χ3n) is 4.36. The molecular formula is C18H23N3O6S. The smallest absolute Gasteiger partial charge is 0.410 e. The summed E-state index contributed by atoms with van der Waals surface area (Å²) in [6, 6.07) is -0.446. The first-order valence-corrected chi connectivity index (χ1v) is 9.78. The van der Waals surface area contributed by atoms with Gasteiger partial charge in [-0.05, 0) is 40.2 Å². The zero-order valence-corrected chi connectivity index (χ0v) is 17.3. The number of hydrogen-bond donors (Lipinski definition) is 1. The predicted octanol–water partition coefficient (Wildman–Crippen LogP) is 2.03. The highest BCUT2D eigenvalue weighted by Crippen LogP contribution is 2.28. The minimum atomic E-state index is -0.618. The number of likely N-dealkylation sites (tertiary alicyclic amines) is 1. The summed E-state index contributed by atoms with van der Waals surface area (Å²) >= 11 is 1.03. The Hall–Kier alpha value is -2.62. The Balaban J connectivity index is 1.91. The van der Waals surface area contributed by atoms with Gasteiger partial charge in [0.25, 0.3) is 5.56 Å². The van der Waals surface area contributed by atoms with Crippen LogP contribution in [-0.4, -0.2) is 51.8 Å². The molecule has 0 atom stereocenters. The van der Waals surface area contributed by atoms with Crippen molar-refractivity contribution < 1.29 is 19.1 Å². The summed E-state index contributed by atoms with van der Waals surface area (Å²) in [6.45, 7) is 9.29. The molecule has 0 unspecified atom stereocenters. The molecule has 2 aromatic rings. The number of thiophene rings is 1. The maximum absolute atomic E-state index is 13.0. The largest absolute Gasteiger partial charge is 0.462 e. The summed E-state index contributed by atoms with van der Waals surface area (Å²) in [5.74, 6) is -0.521. The minimum Gasteiger partial charge on any atom is -0.462 e. The number of aryl methyl sites for hydroxylation is 1. The van der Waals surface area contributed by atoms with Gasteiger partial charge < -0.3 is 14.4 Å². The van der Waals surface area contributed by atoms with E-state index < -0.39 is 35.0 Å². The molecule has 0 spiro atoms. The van der Waals surface area contributed by atoms with E-state index in [1.54, 1.807) is 34.6 Å². The van der Waals surface area contributed by atoms with Crippen molar-refractivity contribution in [3.63, 3.8) is 0 Å². The highest BCUT2D eigenvalue weighted by Gasteiger charge is 2.37. The maximum atomic E-state index is 13.0. The highest BCUT2D eigenvalue weighted by atomic mass is 32.1. The number of esters is 1. The third kappa shape index (κ3) is 3.56. The number of aromatic nitrogens is 2. The average molecular weight is 409 g/mol. The van der Waals surface area contributed by atoms with Gasteiger partial charge in [0.05, 0.1) is 18.0 Å². The van der Waals surface area contributed by atoms with Gasteiger partial charge in [0, 0.05) is 13.1 Å². The number of hydrogen-bond acceptors (Lipinski definition) is 7. The van der Waals surface area contributed by atoms with E-state index in [-0.39, 0.29) is 19.7 Å². The van der Waals surface area contributed by atoms with Crippen LogP contribution in [0.1, 0.15) is 49.0 Å². The number of ether oxygens (including phenoxy) is 2. The molecule has 3 heterocycles.